The Labute approximate surface area is 137 Å². The van der Waals surface area contributed by atoms with Gasteiger partial charge >= 0.3 is 0 Å². The molecule has 0 atom stereocenters. The predicted octanol–water partition coefficient (Wildman–Crippen LogP) is 2.83. The van der Waals surface area contributed by atoms with Crippen LogP contribution in [0, 0.1) is 12.8 Å². The number of nitrogen functional groups attached to an aromatic ring is 1. The van der Waals surface area contributed by atoms with Gasteiger partial charge in [-0.1, -0.05) is 13.8 Å². The average molecular weight is 314 g/mol. The minimum Gasteiger partial charge on any atom is -0.397 e. The molecule has 1 saturated heterocycles. The van der Waals surface area contributed by atoms with Gasteiger partial charge < -0.3 is 15.2 Å². The minimum absolute atomic E-state index is 0.0790. The lowest BCUT2D eigenvalue weighted by Gasteiger charge is -2.33. The second kappa shape index (κ2) is 5.87. The molecule has 0 bridgehead atoms. The minimum atomic E-state index is 0.0790. The predicted molar refractivity (Wildman–Crippen MR) is 93.3 cm³/mol. The van der Waals surface area contributed by atoms with Crippen molar-refractivity contribution in [1.82, 2.24) is 14.5 Å². The molecular weight excluding hydrogens is 288 g/mol. The molecule has 0 spiro atoms. The Morgan fingerprint density at radius 1 is 1.35 bits per heavy atom. The summed E-state index contributed by atoms with van der Waals surface area (Å²) >= 11 is 0. The lowest BCUT2D eigenvalue weighted by Crippen LogP contribution is -2.40. The van der Waals surface area contributed by atoms with Crippen LogP contribution in [0.4, 0.5) is 5.69 Å². The first-order valence-corrected chi connectivity index (χ1v) is 8.39. The smallest absolute Gasteiger partial charge is 0.225 e. The van der Waals surface area contributed by atoms with Crippen molar-refractivity contribution in [3.63, 3.8) is 0 Å². The second-order valence-electron chi connectivity index (χ2n) is 6.99. The van der Waals surface area contributed by atoms with E-state index in [4.69, 9.17) is 5.73 Å². The van der Waals surface area contributed by atoms with Crippen LogP contribution in [0.5, 0.6) is 0 Å². The Kier molecular flexibility index (Phi) is 4.04. The quantitative estimate of drug-likeness (QED) is 0.927. The van der Waals surface area contributed by atoms with Crippen molar-refractivity contribution in [2.75, 3.05) is 18.8 Å². The topological polar surface area (TPSA) is 64.2 Å². The van der Waals surface area contributed by atoms with E-state index in [2.05, 4.69) is 22.7 Å². The van der Waals surface area contributed by atoms with Crippen molar-refractivity contribution in [3.8, 4) is 0 Å². The van der Waals surface area contributed by atoms with Gasteiger partial charge in [0.1, 0.15) is 5.65 Å². The van der Waals surface area contributed by atoms with Crippen molar-refractivity contribution < 1.29 is 4.79 Å². The number of nitrogens with zero attached hydrogens (tertiary/aromatic N) is 3. The number of pyridine rings is 1. The summed E-state index contributed by atoms with van der Waals surface area (Å²) in [5, 5.41) is 1.20. The molecular formula is C18H26N4O. The van der Waals surface area contributed by atoms with Crippen molar-refractivity contribution in [3.05, 3.63) is 23.5 Å². The van der Waals surface area contributed by atoms with Gasteiger partial charge in [0.2, 0.25) is 5.91 Å². The first-order chi connectivity index (χ1) is 10.9. The van der Waals surface area contributed by atoms with E-state index >= 15 is 0 Å². The zero-order valence-electron chi connectivity index (χ0n) is 14.5. The van der Waals surface area contributed by atoms with Gasteiger partial charge in [-0.05, 0) is 36.8 Å². The fourth-order valence-corrected chi connectivity index (χ4v) is 3.64. The first kappa shape index (κ1) is 15.8. The molecule has 0 aliphatic carbocycles. The molecule has 2 aromatic rings. The zero-order chi connectivity index (χ0) is 16.7. The molecule has 124 valence electrons. The molecule has 2 aromatic heterocycles. The van der Waals surface area contributed by atoms with Gasteiger partial charge in [-0.25, -0.2) is 4.98 Å². The summed E-state index contributed by atoms with van der Waals surface area (Å²) in [6.45, 7) is 7.69. The summed E-state index contributed by atoms with van der Waals surface area (Å²) in [6, 6.07) is 0. The van der Waals surface area contributed by atoms with Gasteiger partial charge in [0, 0.05) is 37.6 Å². The highest BCUT2D eigenvalue weighted by molar-refractivity contribution is 5.88. The first-order valence-electron chi connectivity index (χ1n) is 8.39. The van der Waals surface area contributed by atoms with E-state index in [1.165, 1.54) is 10.9 Å². The maximum absolute atomic E-state index is 12.2. The number of hydrogen-bond donors (Lipinski definition) is 1. The number of rotatable bonds is 2. The standard InChI is InChI=1S/C18H26N4O/c1-11(2)18(23)22-7-5-13(6-8-22)14-10-21(4)17-16(14)12(3)15(19)9-20-17/h9-11,13H,5-8,19H2,1-4H3. The van der Waals surface area contributed by atoms with Gasteiger partial charge in [0.15, 0.2) is 0 Å². The third-order valence-electron chi connectivity index (χ3n) is 5.05. The summed E-state index contributed by atoms with van der Waals surface area (Å²) < 4.78 is 2.09. The van der Waals surface area contributed by atoms with Gasteiger partial charge in [0.25, 0.3) is 0 Å². The van der Waals surface area contributed by atoms with Crippen LogP contribution in [0.25, 0.3) is 11.0 Å². The maximum atomic E-state index is 12.2. The van der Waals surface area contributed by atoms with Gasteiger partial charge in [-0.15, -0.1) is 0 Å². The van der Waals surface area contributed by atoms with Crippen molar-refractivity contribution in [2.45, 2.75) is 39.5 Å². The van der Waals surface area contributed by atoms with E-state index < -0.39 is 0 Å². The highest BCUT2D eigenvalue weighted by Gasteiger charge is 2.27. The number of likely N-dealkylation sites (tertiary alicyclic amines) is 1. The van der Waals surface area contributed by atoms with Crippen LogP contribution in [0.1, 0.15) is 43.7 Å². The van der Waals surface area contributed by atoms with E-state index in [1.54, 1.807) is 6.20 Å². The molecule has 1 fully saturated rings. The molecule has 0 unspecified atom stereocenters. The number of aryl methyl sites for hydroxylation is 2. The van der Waals surface area contributed by atoms with Crippen LogP contribution in [-0.4, -0.2) is 33.4 Å². The monoisotopic (exact) mass is 314 g/mol. The van der Waals surface area contributed by atoms with Crippen LogP contribution in [0.15, 0.2) is 12.4 Å². The molecule has 0 aromatic carbocycles. The molecule has 1 amide bonds. The Hall–Kier alpha value is -2.04. The number of amides is 1. The van der Waals surface area contributed by atoms with Crippen LogP contribution in [-0.2, 0) is 11.8 Å². The number of piperidine rings is 1. The summed E-state index contributed by atoms with van der Waals surface area (Å²) in [7, 11) is 2.03. The van der Waals surface area contributed by atoms with E-state index in [0.717, 1.165) is 42.8 Å². The Morgan fingerprint density at radius 3 is 2.61 bits per heavy atom. The van der Waals surface area contributed by atoms with Gasteiger partial charge in [-0.3, -0.25) is 4.79 Å². The van der Waals surface area contributed by atoms with Crippen molar-refractivity contribution in [1.29, 1.82) is 0 Å². The fourth-order valence-electron chi connectivity index (χ4n) is 3.64. The molecule has 0 radical (unpaired) electrons. The molecule has 1 aliphatic heterocycles. The Balaban J connectivity index is 1.88. The molecule has 5 heteroatoms. The summed E-state index contributed by atoms with van der Waals surface area (Å²) in [4.78, 5) is 18.7. The average Bonchev–Trinajstić information content (AvgIpc) is 2.88. The third kappa shape index (κ3) is 2.69. The number of fused-ring (bicyclic) bond motifs is 1. The number of hydrogen-bond acceptors (Lipinski definition) is 3. The second-order valence-corrected chi connectivity index (χ2v) is 6.99. The Morgan fingerprint density at radius 2 is 2.00 bits per heavy atom. The fraction of sp³-hybridized carbons (Fsp3) is 0.556. The van der Waals surface area contributed by atoms with Crippen LogP contribution in [0.2, 0.25) is 0 Å². The Bertz CT molecular complexity index is 739. The van der Waals surface area contributed by atoms with Crippen LogP contribution >= 0.6 is 0 Å². The van der Waals surface area contributed by atoms with Crippen molar-refractivity contribution >= 4 is 22.6 Å². The highest BCUT2D eigenvalue weighted by atomic mass is 16.2. The van der Waals surface area contributed by atoms with E-state index in [1.807, 2.05) is 25.8 Å². The number of anilines is 1. The molecule has 23 heavy (non-hydrogen) atoms. The summed E-state index contributed by atoms with van der Waals surface area (Å²) in [6.07, 6.45) is 5.94. The molecule has 3 heterocycles. The lowest BCUT2D eigenvalue weighted by molar-refractivity contribution is -0.135. The lowest BCUT2D eigenvalue weighted by atomic mass is 9.88. The van der Waals surface area contributed by atoms with Crippen molar-refractivity contribution in [2.24, 2.45) is 13.0 Å². The van der Waals surface area contributed by atoms with Crippen LogP contribution in [0.3, 0.4) is 0 Å². The summed E-state index contributed by atoms with van der Waals surface area (Å²) in [5.74, 6) is 0.816. The van der Waals surface area contributed by atoms with E-state index in [0.29, 0.717) is 5.92 Å². The molecule has 3 rings (SSSR count). The molecule has 0 saturated carbocycles. The summed E-state index contributed by atoms with van der Waals surface area (Å²) in [5.41, 5.74) is 10.3. The zero-order valence-corrected chi connectivity index (χ0v) is 14.5. The SMILES string of the molecule is Cc1c(N)cnc2c1c(C1CCN(C(=O)C(C)C)CC1)cn2C. The largest absolute Gasteiger partial charge is 0.397 e. The maximum Gasteiger partial charge on any atom is 0.225 e. The third-order valence-corrected chi connectivity index (χ3v) is 5.05. The number of nitrogens with two attached hydrogens (primary N) is 1. The van der Waals surface area contributed by atoms with Crippen LogP contribution < -0.4 is 5.73 Å². The van der Waals surface area contributed by atoms with E-state index in [-0.39, 0.29) is 11.8 Å². The van der Waals surface area contributed by atoms with Gasteiger partial charge in [0.05, 0.1) is 11.9 Å². The number of carbonyl (C=O) groups excluding carboxylic acids is 1. The molecule has 2 N–H and O–H groups in total. The van der Waals surface area contributed by atoms with E-state index in [9.17, 15) is 4.79 Å². The number of carbonyl (C=O) groups is 1. The van der Waals surface area contributed by atoms with Gasteiger partial charge in [-0.2, -0.15) is 0 Å². The molecule has 1 aliphatic rings. The normalized spacial score (nSPS) is 16.5. The molecule has 5 nitrogen and oxygen atoms in total. The number of aromatic nitrogens is 2. The highest BCUT2D eigenvalue weighted by Crippen LogP contribution is 2.36.